The predicted molar refractivity (Wildman–Crippen MR) is 48.0 cm³/mol. The first kappa shape index (κ1) is 13.9. The van der Waals surface area contributed by atoms with Crippen molar-refractivity contribution in [3.63, 3.8) is 0 Å². The van der Waals surface area contributed by atoms with E-state index in [1.807, 2.05) is 0 Å². The third-order valence-electron chi connectivity index (χ3n) is 1.30. The second-order valence-corrected chi connectivity index (χ2v) is 3.39. The Bertz CT molecular complexity index is 333. The lowest BCUT2D eigenvalue weighted by Crippen LogP contribution is -2.38. The fourth-order valence-corrected chi connectivity index (χ4v) is 0.635. The van der Waals surface area contributed by atoms with Crippen LogP contribution < -0.4 is 5.73 Å². The summed E-state index contributed by atoms with van der Waals surface area (Å²) in [6, 6.07) is 0. The van der Waals surface area contributed by atoms with Crippen LogP contribution in [-0.4, -0.2) is 41.1 Å². The van der Waals surface area contributed by atoms with Gasteiger partial charge >= 0.3 is 23.8 Å². The van der Waals surface area contributed by atoms with Crippen LogP contribution in [0.25, 0.3) is 0 Å². The van der Waals surface area contributed by atoms with Crippen molar-refractivity contribution in [1.29, 1.82) is 0 Å². The number of carbonyl (C=O) groups is 4. The van der Waals surface area contributed by atoms with Gasteiger partial charge in [-0.25, -0.2) is 14.4 Å². The zero-order chi connectivity index (χ0) is 12.9. The first-order valence-corrected chi connectivity index (χ1v) is 4.08. The minimum atomic E-state index is -1.77. The quantitative estimate of drug-likeness (QED) is 0.444. The second kappa shape index (κ2) is 5.10. The lowest BCUT2D eigenvalue weighted by molar-refractivity contribution is -0.178. The molecule has 0 spiro atoms. The van der Waals surface area contributed by atoms with Gasteiger partial charge in [0.25, 0.3) is 0 Å². The predicted octanol–water partition coefficient (Wildman–Crippen LogP) is -1.58. The Balaban J connectivity index is 4.25. The summed E-state index contributed by atoms with van der Waals surface area (Å²) in [6.45, 7) is 2.14. The SMILES string of the molecule is CC(C)(COC(=O)C(N)=O)OC(=O)C(=O)O. The van der Waals surface area contributed by atoms with Gasteiger partial charge in [-0.2, -0.15) is 0 Å². The number of carboxylic acids is 1. The molecule has 0 unspecified atom stereocenters. The molecule has 0 fully saturated rings. The summed E-state index contributed by atoms with van der Waals surface area (Å²) in [5.41, 5.74) is 3.24. The van der Waals surface area contributed by atoms with Crippen LogP contribution >= 0.6 is 0 Å². The van der Waals surface area contributed by atoms with Crippen molar-refractivity contribution in [1.82, 2.24) is 0 Å². The van der Waals surface area contributed by atoms with Gasteiger partial charge in [-0.1, -0.05) is 0 Å². The summed E-state index contributed by atoms with van der Waals surface area (Å²) in [7, 11) is 0. The minimum absolute atomic E-state index is 0.478. The molecule has 8 heteroatoms. The monoisotopic (exact) mass is 233 g/mol. The summed E-state index contributed by atoms with van der Waals surface area (Å²) >= 11 is 0. The smallest absolute Gasteiger partial charge is 0.417 e. The van der Waals surface area contributed by atoms with E-state index in [4.69, 9.17) is 5.11 Å². The van der Waals surface area contributed by atoms with Gasteiger partial charge < -0.3 is 20.3 Å². The average molecular weight is 233 g/mol. The molecule has 0 aromatic carbocycles. The number of hydrogen-bond donors (Lipinski definition) is 2. The van der Waals surface area contributed by atoms with Gasteiger partial charge in [0.15, 0.2) is 0 Å². The van der Waals surface area contributed by atoms with Crippen LogP contribution in [0.2, 0.25) is 0 Å². The topological polar surface area (TPSA) is 133 Å². The van der Waals surface area contributed by atoms with Gasteiger partial charge in [-0.05, 0) is 13.8 Å². The summed E-state index contributed by atoms with van der Waals surface area (Å²) < 4.78 is 8.83. The van der Waals surface area contributed by atoms with E-state index in [1.54, 1.807) is 0 Å². The fourth-order valence-electron chi connectivity index (χ4n) is 0.635. The number of carbonyl (C=O) groups excluding carboxylic acids is 3. The zero-order valence-electron chi connectivity index (χ0n) is 8.68. The van der Waals surface area contributed by atoms with Crippen molar-refractivity contribution in [2.24, 2.45) is 5.73 Å². The second-order valence-electron chi connectivity index (χ2n) is 3.39. The summed E-state index contributed by atoms with van der Waals surface area (Å²) in [4.78, 5) is 41.8. The number of hydrogen-bond acceptors (Lipinski definition) is 6. The Hall–Kier alpha value is -2.12. The standard InChI is InChI=1S/C8H11NO7/c1-8(2,16-7(14)5(11)12)3-15-6(13)4(9)10/h3H2,1-2H3,(H2,9,10)(H,11,12). The largest absolute Gasteiger partial charge is 0.473 e. The number of esters is 2. The van der Waals surface area contributed by atoms with Gasteiger partial charge in [0.1, 0.15) is 12.2 Å². The van der Waals surface area contributed by atoms with Crippen LogP contribution in [0, 0.1) is 0 Å². The molecule has 3 N–H and O–H groups in total. The van der Waals surface area contributed by atoms with Gasteiger partial charge in [0.05, 0.1) is 0 Å². The molecule has 16 heavy (non-hydrogen) atoms. The molecular formula is C8H11NO7. The van der Waals surface area contributed by atoms with Crippen molar-refractivity contribution in [3.8, 4) is 0 Å². The van der Waals surface area contributed by atoms with Gasteiger partial charge in [0.2, 0.25) is 0 Å². The summed E-state index contributed by atoms with van der Waals surface area (Å²) in [6.07, 6.45) is 0. The van der Waals surface area contributed by atoms with Crippen molar-refractivity contribution >= 4 is 23.8 Å². The van der Waals surface area contributed by atoms with E-state index >= 15 is 0 Å². The van der Waals surface area contributed by atoms with Gasteiger partial charge in [0, 0.05) is 0 Å². The molecule has 0 saturated heterocycles. The van der Waals surface area contributed by atoms with E-state index in [1.165, 1.54) is 13.8 Å². The Morgan fingerprint density at radius 1 is 1.19 bits per heavy atom. The van der Waals surface area contributed by atoms with E-state index in [9.17, 15) is 19.2 Å². The molecule has 0 saturated carbocycles. The third kappa shape index (κ3) is 4.94. The fraction of sp³-hybridized carbons (Fsp3) is 0.500. The van der Waals surface area contributed by atoms with Crippen molar-refractivity contribution < 1.29 is 33.8 Å². The highest BCUT2D eigenvalue weighted by atomic mass is 16.6. The number of ether oxygens (including phenoxy) is 2. The molecule has 0 radical (unpaired) electrons. The Morgan fingerprint density at radius 2 is 1.69 bits per heavy atom. The molecule has 0 aliphatic heterocycles. The molecule has 0 aliphatic rings. The molecule has 0 atom stereocenters. The molecule has 0 aromatic rings. The van der Waals surface area contributed by atoms with E-state index < -0.39 is 36.0 Å². The number of nitrogens with two attached hydrogens (primary N) is 1. The number of rotatable bonds is 3. The molecule has 90 valence electrons. The number of carboxylic acid groups (broad SMARTS) is 1. The summed E-state index contributed by atoms with van der Waals surface area (Å²) in [5, 5.41) is 8.25. The molecule has 0 bridgehead atoms. The molecule has 0 heterocycles. The maximum atomic E-state index is 10.7. The van der Waals surface area contributed by atoms with Gasteiger partial charge in [-0.15, -0.1) is 0 Å². The first-order valence-electron chi connectivity index (χ1n) is 4.08. The van der Waals surface area contributed by atoms with Crippen molar-refractivity contribution in [3.05, 3.63) is 0 Å². The lowest BCUT2D eigenvalue weighted by atomic mass is 10.1. The van der Waals surface area contributed by atoms with Crippen molar-refractivity contribution in [2.45, 2.75) is 19.4 Å². The molecule has 0 rings (SSSR count). The third-order valence-corrected chi connectivity index (χ3v) is 1.30. The number of aliphatic carboxylic acids is 1. The van der Waals surface area contributed by atoms with E-state index in [0.717, 1.165) is 0 Å². The number of primary amides is 1. The Morgan fingerprint density at radius 3 is 2.06 bits per heavy atom. The average Bonchev–Trinajstić information content (AvgIpc) is 2.13. The van der Waals surface area contributed by atoms with Crippen LogP contribution in [0.1, 0.15) is 13.8 Å². The van der Waals surface area contributed by atoms with Crippen LogP contribution in [0.15, 0.2) is 0 Å². The highest BCUT2D eigenvalue weighted by Gasteiger charge is 2.29. The lowest BCUT2D eigenvalue weighted by Gasteiger charge is -2.22. The maximum absolute atomic E-state index is 10.7. The van der Waals surface area contributed by atoms with Crippen LogP contribution in [0.5, 0.6) is 0 Å². The normalized spacial score (nSPS) is 10.4. The molecule has 1 amide bonds. The summed E-state index contributed by atoms with van der Waals surface area (Å²) in [5.74, 6) is -5.84. The van der Waals surface area contributed by atoms with Crippen LogP contribution in [0.3, 0.4) is 0 Å². The highest BCUT2D eigenvalue weighted by molar-refractivity contribution is 6.31. The van der Waals surface area contributed by atoms with Gasteiger partial charge in [-0.3, -0.25) is 4.79 Å². The Labute approximate surface area is 90.3 Å². The minimum Gasteiger partial charge on any atom is -0.473 e. The zero-order valence-corrected chi connectivity index (χ0v) is 8.68. The molecular weight excluding hydrogens is 222 g/mol. The Kier molecular flexibility index (Phi) is 4.42. The molecule has 8 nitrogen and oxygen atoms in total. The van der Waals surface area contributed by atoms with Crippen LogP contribution in [-0.2, 0) is 28.7 Å². The highest BCUT2D eigenvalue weighted by Crippen LogP contribution is 2.10. The first-order chi connectivity index (χ1) is 7.15. The molecule has 0 aliphatic carbocycles. The van der Waals surface area contributed by atoms with E-state index in [0.29, 0.717) is 0 Å². The van der Waals surface area contributed by atoms with E-state index in [2.05, 4.69) is 15.2 Å². The van der Waals surface area contributed by atoms with Crippen LogP contribution in [0.4, 0.5) is 0 Å². The maximum Gasteiger partial charge on any atom is 0.417 e. The molecule has 0 aromatic heterocycles. The van der Waals surface area contributed by atoms with Crippen molar-refractivity contribution in [2.75, 3.05) is 6.61 Å². The number of amides is 1. The van der Waals surface area contributed by atoms with E-state index in [-0.39, 0.29) is 0 Å².